The molecule has 9 heteroatoms. The highest BCUT2D eigenvalue weighted by molar-refractivity contribution is 5.54. The Morgan fingerprint density at radius 3 is 2.57 bits per heavy atom. The second kappa shape index (κ2) is 3.85. The third-order valence-electron chi connectivity index (χ3n) is 1.65. The maximum Gasteiger partial charge on any atom is 0.437 e. The number of hydrazine groups is 1. The Morgan fingerprint density at radius 1 is 1.50 bits per heavy atom. The van der Waals surface area contributed by atoms with Crippen LogP contribution >= 0.6 is 0 Å². The highest BCUT2D eigenvalue weighted by Crippen LogP contribution is 2.12. The first-order chi connectivity index (χ1) is 6.57. The molecule has 78 valence electrons. The Balaban J connectivity index is 2.79. The van der Waals surface area contributed by atoms with Crippen LogP contribution in [-0.4, -0.2) is 39.1 Å². The van der Waals surface area contributed by atoms with Crippen LogP contribution in [0.5, 0.6) is 0 Å². The van der Waals surface area contributed by atoms with Crippen molar-refractivity contribution in [3.05, 3.63) is 20.2 Å². The van der Waals surface area contributed by atoms with E-state index in [-0.39, 0.29) is 0 Å². The van der Waals surface area contributed by atoms with Gasteiger partial charge in [0.05, 0.1) is 4.92 Å². The predicted molar refractivity (Wildman–Crippen MR) is 45.1 cm³/mol. The molecule has 1 heterocycles. The van der Waals surface area contributed by atoms with Crippen LogP contribution in [0.25, 0.3) is 0 Å². The van der Waals surface area contributed by atoms with Crippen molar-refractivity contribution < 1.29 is 9.96 Å². The van der Waals surface area contributed by atoms with E-state index in [1.165, 1.54) is 0 Å². The average Bonchev–Trinajstić information content (AvgIpc) is 2.48. The Kier molecular flexibility index (Phi) is 2.79. The maximum atomic E-state index is 10.5. The zero-order valence-corrected chi connectivity index (χ0v) is 7.44. The van der Waals surface area contributed by atoms with E-state index in [2.05, 4.69) is 5.10 Å². The lowest BCUT2D eigenvalue weighted by atomic mass is 10.5. The van der Waals surface area contributed by atoms with Gasteiger partial charge in [0, 0.05) is 11.6 Å². The van der Waals surface area contributed by atoms with Gasteiger partial charge in [0.15, 0.2) is 11.4 Å². The molecule has 0 spiro atoms. The van der Waals surface area contributed by atoms with Gasteiger partial charge in [-0.3, -0.25) is 10.1 Å². The summed E-state index contributed by atoms with van der Waals surface area (Å²) in [7, 11) is 0. The van der Waals surface area contributed by atoms with Crippen molar-refractivity contribution in [1.82, 2.24) is 10.0 Å². The molecule has 0 aromatic heterocycles. The van der Waals surface area contributed by atoms with Crippen molar-refractivity contribution in [2.75, 3.05) is 6.54 Å². The molecule has 0 fully saturated rings. The molecule has 9 nitrogen and oxygen atoms in total. The van der Waals surface area contributed by atoms with Gasteiger partial charge in [-0.2, -0.15) is 5.10 Å². The first-order valence-corrected chi connectivity index (χ1v) is 3.94. The van der Waals surface area contributed by atoms with Crippen molar-refractivity contribution in [2.24, 2.45) is 5.10 Å². The zero-order valence-electron chi connectivity index (χ0n) is 7.44. The number of rotatable bonds is 4. The molecule has 0 aromatic carbocycles. The lowest BCUT2D eigenvalue weighted by molar-refractivity contribution is -0.718. The van der Waals surface area contributed by atoms with E-state index in [0.29, 0.717) is 18.0 Å². The molecule has 1 aliphatic heterocycles. The van der Waals surface area contributed by atoms with E-state index in [0.717, 1.165) is 11.3 Å². The first kappa shape index (κ1) is 10.2. The fraction of sp³-hybridized carbons (Fsp3) is 0.800. The molecule has 0 amide bonds. The largest absolute Gasteiger partial charge is 0.437 e. The third-order valence-corrected chi connectivity index (χ3v) is 1.65. The van der Waals surface area contributed by atoms with Crippen LogP contribution in [0.15, 0.2) is 5.10 Å². The summed E-state index contributed by atoms with van der Waals surface area (Å²) < 4.78 is 0. The van der Waals surface area contributed by atoms with E-state index in [4.69, 9.17) is 0 Å². The Morgan fingerprint density at radius 2 is 2.14 bits per heavy atom. The highest BCUT2D eigenvalue weighted by Gasteiger charge is 2.45. The van der Waals surface area contributed by atoms with Gasteiger partial charge in [-0.15, -0.1) is 0 Å². The smallest absolute Gasteiger partial charge is 0.260 e. The van der Waals surface area contributed by atoms with Crippen LogP contribution in [0, 0.1) is 20.2 Å². The standard InChI is InChI=1S/C5H9N5O4/c1-2-3-7-5(9(11)12)8(4-6-7)10(13)14/h4-5H,2-3H2,1H3. The van der Waals surface area contributed by atoms with Crippen molar-refractivity contribution in [3.63, 3.8) is 0 Å². The number of hydrogen-bond donors (Lipinski definition) is 0. The minimum Gasteiger partial charge on any atom is -0.260 e. The minimum atomic E-state index is -1.52. The van der Waals surface area contributed by atoms with Crippen LogP contribution in [0.3, 0.4) is 0 Å². The molecular formula is C5H9N5O4. The van der Waals surface area contributed by atoms with Gasteiger partial charge in [0.1, 0.15) is 0 Å². The second-order valence-corrected chi connectivity index (χ2v) is 2.64. The molecule has 1 aliphatic rings. The lowest BCUT2D eigenvalue weighted by Gasteiger charge is -2.16. The second-order valence-electron chi connectivity index (χ2n) is 2.64. The van der Waals surface area contributed by atoms with Crippen molar-refractivity contribution in [2.45, 2.75) is 19.6 Å². The topological polar surface area (TPSA) is 105 Å². The first-order valence-electron chi connectivity index (χ1n) is 3.94. The normalized spacial score (nSPS) is 20.2. The summed E-state index contributed by atoms with van der Waals surface area (Å²) in [5.41, 5.74) is 0. The Labute approximate surface area is 78.9 Å². The number of hydrazone groups is 1. The molecule has 0 N–H and O–H groups in total. The van der Waals surface area contributed by atoms with Gasteiger partial charge < -0.3 is 0 Å². The van der Waals surface area contributed by atoms with Gasteiger partial charge in [-0.05, 0) is 6.42 Å². The van der Waals surface area contributed by atoms with Crippen LogP contribution in [0.2, 0.25) is 0 Å². The summed E-state index contributed by atoms with van der Waals surface area (Å²) in [5.74, 6) is 0. The van der Waals surface area contributed by atoms with Crippen LogP contribution in [-0.2, 0) is 0 Å². The molecule has 14 heavy (non-hydrogen) atoms. The molecule has 0 bridgehead atoms. The van der Waals surface area contributed by atoms with E-state index in [1.54, 1.807) is 6.92 Å². The van der Waals surface area contributed by atoms with Crippen LogP contribution in [0.1, 0.15) is 13.3 Å². The Bertz CT molecular complexity index is 279. The van der Waals surface area contributed by atoms with Crippen LogP contribution < -0.4 is 0 Å². The summed E-state index contributed by atoms with van der Waals surface area (Å²) in [6.45, 7) is 2.12. The molecule has 1 rings (SSSR count). The summed E-state index contributed by atoms with van der Waals surface area (Å²) in [5, 5.41) is 25.1. The summed E-state index contributed by atoms with van der Waals surface area (Å²) in [6.07, 6.45) is -0.0407. The minimum absolute atomic E-state index is 0.312. The van der Waals surface area contributed by atoms with Gasteiger partial charge in [0.25, 0.3) is 0 Å². The summed E-state index contributed by atoms with van der Waals surface area (Å²) in [4.78, 5) is 20.2. The molecule has 0 aliphatic carbocycles. The fourth-order valence-corrected chi connectivity index (χ4v) is 1.11. The van der Waals surface area contributed by atoms with Gasteiger partial charge in [-0.25, -0.2) is 15.1 Å². The van der Waals surface area contributed by atoms with Crippen molar-refractivity contribution >= 4 is 6.34 Å². The highest BCUT2D eigenvalue weighted by atomic mass is 16.7. The van der Waals surface area contributed by atoms with Crippen molar-refractivity contribution in [3.8, 4) is 0 Å². The van der Waals surface area contributed by atoms with Crippen LogP contribution in [0.4, 0.5) is 0 Å². The van der Waals surface area contributed by atoms with Gasteiger partial charge in [0.2, 0.25) is 0 Å². The van der Waals surface area contributed by atoms with E-state index in [1.807, 2.05) is 0 Å². The number of hydrogen-bond acceptors (Lipinski definition) is 6. The monoisotopic (exact) mass is 203 g/mol. The van der Waals surface area contributed by atoms with Gasteiger partial charge >= 0.3 is 6.29 Å². The van der Waals surface area contributed by atoms with Gasteiger partial charge in [-0.1, -0.05) is 6.92 Å². The third kappa shape index (κ3) is 1.70. The van der Waals surface area contributed by atoms with E-state index in [9.17, 15) is 20.2 Å². The molecule has 0 saturated carbocycles. The maximum absolute atomic E-state index is 10.5. The number of nitrogens with zero attached hydrogens (tertiary/aromatic N) is 5. The predicted octanol–water partition coefficient (Wildman–Crippen LogP) is -0.291. The molecule has 1 atom stereocenters. The van der Waals surface area contributed by atoms with Crippen molar-refractivity contribution in [1.29, 1.82) is 0 Å². The SMILES string of the molecule is CCCN1N=CN([N+](=O)[O-])C1[N+](=O)[O-]. The molecule has 0 radical (unpaired) electrons. The Hall–Kier alpha value is -1.93. The molecule has 0 aromatic rings. The average molecular weight is 203 g/mol. The fourth-order valence-electron chi connectivity index (χ4n) is 1.11. The number of nitro groups is 2. The summed E-state index contributed by atoms with van der Waals surface area (Å²) in [6, 6.07) is 0. The zero-order chi connectivity index (χ0) is 10.7. The quantitative estimate of drug-likeness (QED) is 0.459. The molecular weight excluding hydrogens is 194 g/mol. The van der Waals surface area contributed by atoms with E-state index < -0.39 is 16.2 Å². The summed E-state index contributed by atoms with van der Waals surface area (Å²) >= 11 is 0. The van der Waals surface area contributed by atoms with E-state index >= 15 is 0 Å². The lowest BCUT2D eigenvalue weighted by Crippen LogP contribution is -2.48. The molecule has 0 saturated heterocycles. The molecule has 1 unspecified atom stereocenters.